The zero-order valence-electron chi connectivity index (χ0n) is 15.9. The zero-order chi connectivity index (χ0) is 19.2. The molecule has 1 fully saturated rings. The first kappa shape index (κ1) is 18.7. The first-order valence-corrected chi connectivity index (χ1v) is 9.76. The van der Waals surface area contributed by atoms with Crippen LogP contribution in [0.15, 0.2) is 52.9 Å². The summed E-state index contributed by atoms with van der Waals surface area (Å²) in [7, 11) is 0. The number of oxazole rings is 1. The molecule has 0 saturated carbocycles. The zero-order valence-corrected chi connectivity index (χ0v) is 15.9. The lowest BCUT2D eigenvalue weighted by molar-refractivity contribution is -0.121. The van der Waals surface area contributed by atoms with Crippen LogP contribution in [0.3, 0.4) is 0 Å². The van der Waals surface area contributed by atoms with E-state index in [1.165, 1.54) is 5.56 Å². The molecular formula is C22H25N3O3. The maximum Gasteiger partial charge on any atom is 0.220 e. The molecule has 1 saturated heterocycles. The molecule has 0 unspecified atom stereocenters. The summed E-state index contributed by atoms with van der Waals surface area (Å²) >= 11 is 0. The minimum Gasteiger partial charge on any atom is -0.441 e. The molecule has 0 atom stereocenters. The third-order valence-electron chi connectivity index (χ3n) is 5.00. The number of amides is 1. The van der Waals surface area contributed by atoms with Gasteiger partial charge in [-0.3, -0.25) is 9.69 Å². The van der Waals surface area contributed by atoms with Gasteiger partial charge in [-0.2, -0.15) is 0 Å². The Labute approximate surface area is 164 Å². The number of fused-ring (bicyclic) bond motifs is 1. The lowest BCUT2D eigenvalue weighted by atomic mass is 10.1. The maximum absolute atomic E-state index is 12.3. The number of nitrogens with one attached hydrogen (secondary N) is 1. The molecule has 28 heavy (non-hydrogen) atoms. The van der Waals surface area contributed by atoms with Crippen LogP contribution < -0.4 is 5.32 Å². The molecule has 1 N–H and O–H groups in total. The summed E-state index contributed by atoms with van der Waals surface area (Å²) in [6.07, 6.45) is 0.856. The fourth-order valence-corrected chi connectivity index (χ4v) is 3.41. The summed E-state index contributed by atoms with van der Waals surface area (Å²) in [5.41, 5.74) is 4.00. The predicted molar refractivity (Wildman–Crippen MR) is 107 cm³/mol. The van der Waals surface area contributed by atoms with Gasteiger partial charge in [0.25, 0.3) is 0 Å². The van der Waals surface area contributed by atoms with E-state index in [1.807, 2.05) is 36.4 Å². The number of nitrogens with zero attached hydrogens (tertiary/aromatic N) is 2. The Morgan fingerprint density at radius 2 is 1.79 bits per heavy atom. The van der Waals surface area contributed by atoms with E-state index in [-0.39, 0.29) is 5.91 Å². The average Bonchev–Trinajstić information content (AvgIpc) is 3.15. The highest BCUT2D eigenvalue weighted by Gasteiger charge is 2.13. The summed E-state index contributed by atoms with van der Waals surface area (Å²) in [6, 6.07) is 15.9. The third-order valence-corrected chi connectivity index (χ3v) is 5.00. The van der Waals surface area contributed by atoms with Crippen molar-refractivity contribution in [3.8, 4) is 0 Å². The number of benzene rings is 2. The summed E-state index contributed by atoms with van der Waals surface area (Å²) in [4.78, 5) is 19.1. The van der Waals surface area contributed by atoms with E-state index in [1.54, 1.807) is 0 Å². The Morgan fingerprint density at radius 3 is 2.61 bits per heavy atom. The van der Waals surface area contributed by atoms with Crippen molar-refractivity contribution in [2.24, 2.45) is 0 Å². The summed E-state index contributed by atoms with van der Waals surface area (Å²) < 4.78 is 11.1. The van der Waals surface area contributed by atoms with E-state index in [0.717, 1.165) is 49.5 Å². The molecule has 6 heteroatoms. The van der Waals surface area contributed by atoms with E-state index >= 15 is 0 Å². The first-order chi connectivity index (χ1) is 13.8. The van der Waals surface area contributed by atoms with Gasteiger partial charge in [0.05, 0.1) is 13.2 Å². The third kappa shape index (κ3) is 4.77. The number of aryl methyl sites for hydroxylation is 1. The highest BCUT2D eigenvalue weighted by molar-refractivity contribution is 5.76. The van der Waals surface area contributed by atoms with Gasteiger partial charge in [0.15, 0.2) is 11.5 Å². The van der Waals surface area contributed by atoms with Gasteiger partial charge in [0.2, 0.25) is 5.91 Å². The molecule has 6 nitrogen and oxygen atoms in total. The molecule has 2 aromatic carbocycles. The van der Waals surface area contributed by atoms with E-state index in [2.05, 4.69) is 27.3 Å². The van der Waals surface area contributed by atoms with Crippen molar-refractivity contribution in [2.45, 2.75) is 25.9 Å². The van der Waals surface area contributed by atoms with Crippen LogP contribution in [0, 0.1) is 0 Å². The molecule has 2 heterocycles. The monoisotopic (exact) mass is 379 g/mol. The largest absolute Gasteiger partial charge is 0.441 e. The van der Waals surface area contributed by atoms with Gasteiger partial charge in [-0.1, -0.05) is 36.4 Å². The SMILES string of the molecule is O=C(CCc1nc2ccccc2o1)NCc1ccccc1CN1CCOCC1. The van der Waals surface area contributed by atoms with Gasteiger partial charge in [0, 0.05) is 39.0 Å². The lowest BCUT2D eigenvalue weighted by Gasteiger charge is -2.27. The van der Waals surface area contributed by atoms with Gasteiger partial charge < -0.3 is 14.5 Å². The van der Waals surface area contributed by atoms with Crippen molar-refractivity contribution in [2.75, 3.05) is 26.3 Å². The second-order valence-electron chi connectivity index (χ2n) is 7.01. The number of hydrogen-bond acceptors (Lipinski definition) is 5. The van der Waals surface area contributed by atoms with Crippen LogP contribution in [0.25, 0.3) is 11.1 Å². The number of carbonyl (C=O) groups excluding carboxylic acids is 1. The molecule has 1 amide bonds. The molecule has 1 aliphatic heterocycles. The highest BCUT2D eigenvalue weighted by atomic mass is 16.5. The summed E-state index contributed by atoms with van der Waals surface area (Å²) in [6.45, 7) is 4.89. The molecule has 0 spiro atoms. The van der Waals surface area contributed by atoms with Crippen molar-refractivity contribution in [3.05, 3.63) is 65.5 Å². The van der Waals surface area contributed by atoms with E-state index in [0.29, 0.717) is 25.3 Å². The fourth-order valence-electron chi connectivity index (χ4n) is 3.41. The van der Waals surface area contributed by atoms with Crippen molar-refractivity contribution in [3.63, 3.8) is 0 Å². The number of rotatable bonds is 7. The van der Waals surface area contributed by atoms with Crippen LogP contribution >= 0.6 is 0 Å². The molecule has 146 valence electrons. The molecule has 4 rings (SSSR count). The van der Waals surface area contributed by atoms with Crippen LogP contribution in [0.4, 0.5) is 0 Å². The molecule has 0 aliphatic carbocycles. The standard InChI is InChI=1S/C22H25N3O3/c26-21(9-10-22-24-19-7-3-4-8-20(19)28-22)23-15-17-5-1-2-6-18(17)16-25-11-13-27-14-12-25/h1-8H,9-16H2,(H,23,26). The Hall–Kier alpha value is -2.70. The van der Waals surface area contributed by atoms with E-state index in [4.69, 9.17) is 9.15 Å². The second-order valence-corrected chi connectivity index (χ2v) is 7.01. The van der Waals surface area contributed by atoms with Crippen molar-refractivity contribution >= 4 is 17.0 Å². The smallest absolute Gasteiger partial charge is 0.220 e. The van der Waals surface area contributed by atoms with Crippen molar-refractivity contribution in [1.29, 1.82) is 0 Å². The van der Waals surface area contributed by atoms with Crippen molar-refractivity contribution < 1.29 is 13.9 Å². The molecule has 0 radical (unpaired) electrons. The van der Waals surface area contributed by atoms with E-state index in [9.17, 15) is 4.79 Å². The summed E-state index contributed by atoms with van der Waals surface area (Å²) in [5, 5.41) is 3.03. The van der Waals surface area contributed by atoms with Gasteiger partial charge in [-0.05, 0) is 23.3 Å². The average molecular weight is 379 g/mol. The minimum absolute atomic E-state index is 0.00318. The van der Waals surface area contributed by atoms with Gasteiger partial charge in [-0.15, -0.1) is 0 Å². The molecule has 3 aromatic rings. The number of morpholine rings is 1. The maximum atomic E-state index is 12.3. The normalized spacial score (nSPS) is 15.0. The topological polar surface area (TPSA) is 67.6 Å². The van der Waals surface area contributed by atoms with Crippen LogP contribution in [0.2, 0.25) is 0 Å². The minimum atomic E-state index is 0.00318. The number of aromatic nitrogens is 1. The number of carbonyl (C=O) groups is 1. The second kappa shape index (κ2) is 8.99. The van der Waals surface area contributed by atoms with Crippen LogP contribution in [-0.2, 0) is 29.0 Å². The van der Waals surface area contributed by atoms with Gasteiger partial charge in [-0.25, -0.2) is 4.98 Å². The van der Waals surface area contributed by atoms with E-state index < -0.39 is 0 Å². The molecule has 0 bridgehead atoms. The summed E-state index contributed by atoms with van der Waals surface area (Å²) in [5.74, 6) is 0.604. The predicted octanol–water partition coefficient (Wildman–Crippen LogP) is 2.91. The lowest BCUT2D eigenvalue weighted by Crippen LogP contribution is -2.36. The Morgan fingerprint density at radius 1 is 1.04 bits per heavy atom. The quantitative estimate of drug-likeness (QED) is 0.684. The highest BCUT2D eigenvalue weighted by Crippen LogP contribution is 2.16. The first-order valence-electron chi connectivity index (χ1n) is 9.76. The van der Waals surface area contributed by atoms with Crippen molar-refractivity contribution in [1.82, 2.24) is 15.2 Å². The van der Waals surface area contributed by atoms with Gasteiger partial charge in [0.1, 0.15) is 5.52 Å². The molecule has 1 aliphatic rings. The Bertz CT molecular complexity index is 898. The Kier molecular flexibility index (Phi) is 5.99. The van der Waals surface area contributed by atoms with Crippen LogP contribution in [0.1, 0.15) is 23.4 Å². The number of para-hydroxylation sites is 2. The molecule has 1 aromatic heterocycles. The molecular weight excluding hydrogens is 354 g/mol. The Balaban J connectivity index is 1.29. The number of ether oxygens (including phenoxy) is 1. The van der Waals surface area contributed by atoms with Gasteiger partial charge >= 0.3 is 0 Å². The number of hydrogen-bond donors (Lipinski definition) is 1. The fraction of sp³-hybridized carbons (Fsp3) is 0.364. The van der Waals surface area contributed by atoms with Crippen LogP contribution in [-0.4, -0.2) is 42.1 Å². The van der Waals surface area contributed by atoms with Crippen LogP contribution in [0.5, 0.6) is 0 Å².